The van der Waals surface area contributed by atoms with E-state index in [4.69, 9.17) is 0 Å². The molecule has 78 valence electrons. The summed E-state index contributed by atoms with van der Waals surface area (Å²) < 4.78 is 2.32. The maximum Gasteiger partial charge on any atom is 0.105 e. The van der Waals surface area contributed by atoms with Crippen molar-refractivity contribution >= 4 is 0 Å². The minimum atomic E-state index is 0.656. The van der Waals surface area contributed by atoms with E-state index in [0.717, 1.165) is 12.4 Å². The summed E-state index contributed by atoms with van der Waals surface area (Å²) in [7, 11) is 0. The highest BCUT2D eigenvalue weighted by Crippen LogP contribution is 2.23. The van der Waals surface area contributed by atoms with Crippen LogP contribution < -0.4 is 5.32 Å². The highest BCUT2D eigenvalue weighted by molar-refractivity contribution is 4.94. The molecule has 1 saturated heterocycles. The van der Waals surface area contributed by atoms with Gasteiger partial charge in [-0.15, -0.1) is 0 Å². The topological polar surface area (TPSA) is 29.9 Å². The summed E-state index contributed by atoms with van der Waals surface area (Å²) in [6, 6.07) is 1.35. The zero-order valence-corrected chi connectivity index (χ0v) is 9.03. The van der Waals surface area contributed by atoms with Crippen LogP contribution in [0.15, 0.2) is 12.4 Å². The Morgan fingerprint density at radius 3 is 3.14 bits per heavy atom. The molecule has 0 spiro atoms. The van der Waals surface area contributed by atoms with E-state index in [2.05, 4.69) is 34.9 Å². The molecule has 1 N–H and O–H groups in total. The zero-order chi connectivity index (χ0) is 9.97. The fourth-order valence-corrected chi connectivity index (χ4v) is 2.32. The van der Waals surface area contributed by atoms with Crippen LogP contribution in [0, 0.1) is 6.92 Å². The molecule has 0 aliphatic carbocycles. The van der Waals surface area contributed by atoms with Gasteiger partial charge in [0.15, 0.2) is 0 Å². The van der Waals surface area contributed by atoms with Crippen LogP contribution in [0.1, 0.15) is 38.1 Å². The minimum Gasteiger partial charge on any atom is -0.332 e. The van der Waals surface area contributed by atoms with Crippen molar-refractivity contribution in [1.29, 1.82) is 0 Å². The molecule has 2 atom stereocenters. The summed E-state index contributed by atoms with van der Waals surface area (Å²) in [5.74, 6) is 1.15. The van der Waals surface area contributed by atoms with Crippen molar-refractivity contribution in [3.63, 3.8) is 0 Å². The first-order valence-electron chi connectivity index (χ1n) is 5.54. The van der Waals surface area contributed by atoms with Crippen LogP contribution in [-0.4, -0.2) is 22.1 Å². The van der Waals surface area contributed by atoms with Gasteiger partial charge in [-0.2, -0.15) is 0 Å². The van der Waals surface area contributed by atoms with E-state index in [1.165, 1.54) is 19.3 Å². The quantitative estimate of drug-likeness (QED) is 0.777. The normalized spacial score (nSPS) is 27.9. The summed E-state index contributed by atoms with van der Waals surface area (Å²) in [4.78, 5) is 4.29. The number of imidazole rings is 1. The number of hydrogen-bond donors (Lipinski definition) is 1. The fourth-order valence-electron chi connectivity index (χ4n) is 2.32. The lowest BCUT2D eigenvalue weighted by molar-refractivity contribution is 0.292. The van der Waals surface area contributed by atoms with Gasteiger partial charge in [0.1, 0.15) is 5.82 Å². The summed E-state index contributed by atoms with van der Waals surface area (Å²) >= 11 is 0. The van der Waals surface area contributed by atoms with E-state index in [1.54, 1.807) is 0 Å². The maximum absolute atomic E-state index is 4.29. The van der Waals surface area contributed by atoms with Crippen LogP contribution in [-0.2, 0) is 0 Å². The van der Waals surface area contributed by atoms with Crippen molar-refractivity contribution in [3.05, 3.63) is 18.2 Å². The Morgan fingerprint density at radius 2 is 2.50 bits per heavy atom. The Labute approximate surface area is 85.5 Å². The number of aryl methyl sites for hydroxylation is 1. The van der Waals surface area contributed by atoms with Crippen molar-refractivity contribution in [3.8, 4) is 0 Å². The van der Waals surface area contributed by atoms with Crippen LogP contribution in [0.4, 0.5) is 0 Å². The van der Waals surface area contributed by atoms with Gasteiger partial charge >= 0.3 is 0 Å². The van der Waals surface area contributed by atoms with Crippen molar-refractivity contribution in [2.75, 3.05) is 6.54 Å². The van der Waals surface area contributed by atoms with E-state index in [9.17, 15) is 0 Å². The molecule has 0 saturated carbocycles. The van der Waals surface area contributed by atoms with Crippen LogP contribution in [0.25, 0.3) is 0 Å². The van der Waals surface area contributed by atoms with Gasteiger partial charge in [0.25, 0.3) is 0 Å². The van der Waals surface area contributed by atoms with Crippen LogP contribution in [0.2, 0.25) is 0 Å². The van der Waals surface area contributed by atoms with Crippen molar-refractivity contribution < 1.29 is 0 Å². The lowest BCUT2D eigenvalue weighted by atomic mass is 9.97. The van der Waals surface area contributed by atoms with Crippen molar-refractivity contribution in [1.82, 2.24) is 14.9 Å². The van der Waals surface area contributed by atoms with Gasteiger partial charge in [0.2, 0.25) is 0 Å². The molecule has 1 fully saturated rings. The Balaban J connectivity index is 2.08. The second kappa shape index (κ2) is 4.13. The molecule has 3 heteroatoms. The molecular formula is C11H19N3. The molecular weight excluding hydrogens is 174 g/mol. The molecule has 2 unspecified atom stereocenters. The second-order valence-corrected chi connectivity index (χ2v) is 4.12. The van der Waals surface area contributed by atoms with Gasteiger partial charge in [-0.25, -0.2) is 4.98 Å². The number of piperidine rings is 1. The number of rotatable bonds is 2. The van der Waals surface area contributed by atoms with Gasteiger partial charge in [0, 0.05) is 24.5 Å². The molecule has 0 bridgehead atoms. The summed E-state index contributed by atoms with van der Waals surface area (Å²) in [5, 5.41) is 3.55. The van der Waals surface area contributed by atoms with Crippen molar-refractivity contribution in [2.45, 2.75) is 45.2 Å². The smallest absolute Gasteiger partial charge is 0.105 e. The third-order valence-electron chi connectivity index (χ3n) is 3.22. The lowest BCUT2D eigenvalue weighted by Gasteiger charge is -2.31. The standard InChI is InChI=1S/C11H19N3/c1-3-10-8-11(4-5-13-10)14-7-6-12-9(14)2/h6-7,10-11,13H,3-5,8H2,1-2H3. The Hall–Kier alpha value is -0.830. The third kappa shape index (κ3) is 1.82. The lowest BCUT2D eigenvalue weighted by Crippen LogP contribution is -2.38. The molecule has 14 heavy (non-hydrogen) atoms. The summed E-state index contributed by atoms with van der Waals surface area (Å²) in [6.45, 7) is 5.48. The number of nitrogens with zero attached hydrogens (tertiary/aromatic N) is 2. The highest BCUT2D eigenvalue weighted by Gasteiger charge is 2.21. The predicted octanol–water partition coefficient (Wildman–Crippen LogP) is 1.89. The molecule has 2 heterocycles. The minimum absolute atomic E-state index is 0.656. The van der Waals surface area contributed by atoms with E-state index in [1.807, 2.05) is 6.20 Å². The monoisotopic (exact) mass is 193 g/mol. The number of nitrogens with one attached hydrogen (secondary N) is 1. The first-order valence-corrected chi connectivity index (χ1v) is 5.54. The van der Waals surface area contributed by atoms with Gasteiger partial charge in [-0.3, -0.25) is 0 Å². The first kappa shape index (κ1) is 9.71. The average Bonchev–Trinajstić information content (AvgIpc) is 2.65. The van der Waals surface area contributed by atoms with E-state index >= 15 is 0 Å². The second-order valence-electron chi connectivity index (χ2n) is 4.12. The van der Waals surface area contributed by atoms with Gasteiger partial charge in [0.05, 0.1) is 0 Å². The van der Waals surface area contributed by atoms with Crippen LogP contribution >= 0.6 is 0 Å². The molecule has 1 aromatic heterocycles. The van der Waals surface area contributed by atoms with Gasteiger partial charge in [-0.05, 0) is 32.7 Å². The summed E-state index contributed by atoms with van der Waals surface area (Å²) in [5.41, 5.74) is 0. The number of hydrogen-bond acceptors (Lipinski definition) is 2. The number of aromatic nitrogens is 2. The first-order chi connectivity index (χ1) is 6.81. The molecule has 1 aliphatic heterocycles. The highest BCUT2D eigenvalue weighted by atomic mass is 15.1. The maximum atomic E-state index is 4.29. The van der Waals surface area contributed by atoms with E-state index in [-0.39, 0.29) is 0 Å². The SMILES string of the molecule is CCC1CC(n2ccnc2C)CCN1. The van der Waals surface area contributed by atoms with E-state index < -0.39 is 0 Å². The molecule has 0 radical (unpaired) electrons. The summed E-state index contributed by atoms with van der Waals surface area (Å²) in [6.07, 6.45) is 7.71. The Kier molecular flexibility index (Phi) is 2.87. The predicted molar refractivity (Wildman–Crippen MR) is 57.3 cm³/mol. The molecule has 0 amide bonds. The largest absolute Gasteiger partial charge is 0.332 e. The molecule has 1 aliphatic rings. The van der Waals surface area contributed by atoms with Gasteiger partial charge in [-0.1, -0.05) is 6.92 Å². The fraction of sp³-hybridized carbons (Fsp3) is 0.727. The Bertz CT molecular complexity index is 292. The van der Waals surface area contributed by atoms with E-state index in [0.29, 0.717) is 12.1 Å². The van der Waals surface area contributed by atoms with Crippen LogP contribution in [0.5, 0.6) is 0 Å². The third-order valence-corrected chi connectivity index (χ3v) is 3.22. The van der Waals surface area contributed by atoms with Crippen LogP contribution in [0.3, 0.4) is 0 Å². The Morgan fingerprint density at radius 1 is 1.64 bits per heavy atom. The zero-order valence-electron chi connectivity index (χ0n) is 9.03. The molecule has 1 aromatic rings. The molecule has 2 rings (SSSR count). The van der Waals surface area contributed by atoms with Gasteiger partial charge < -0.3 is 9.88 Å². The average molecular weight is 193 g/mol. The molecule has 0 aromatic carbocycles. The molecule has 3 nitrogen and oxygen atoms in total. The van der Waals surface area contributed by atoms with Crippen molar-refractivity contribution in [2.24, 2.45) is 0 Å².